The lowest BCUT2D eigenvalue weighted by molar-refractivity contribution is -0.122. The predicted molar refractivity (Wildman–Crippen MR) is 159 cm³/mol. The van der Waals surface area contributed by atoms with E-state index >= 15 is 0 Å². The first kappa shape index (κ1) is 25.8. The largest absolute Gasteiger partial charge is 0.497 e. The van der Waals surface area contributed by atoms with Crippen molar-refractivity contribution in [3.8, 4) is 11.5 Å². The molecule has 42 heavy (non-hydrogen) atoms. The van der Waals surface area contributed by atoms with Crippen LogP contribution in [0, 0.1) is 5.92 Å². The molecular weight excluding hydrogens is 528 g/mol. The zero-order chi connectivity index (χ0) is 29.0. The van der Waals surface area contributed by atoms with Gasteiger partial charge in [0.05, 0.1) is 26.2 Å². The van der Waals surface area contributed by atoms with E-state index in [1.54, 1.807) is 62.8 Å². The lowest BCUT2D eigenvalue weighted by Gasteiger charge is -2.38. The number of fused-ring (bicyclic) bond motifs is 6. The number of methoxy groups -OCH3 is 2. The van der Waals surface area contributed by atoms with Gasteiger partial charge in [-0.2, -0.15) is 0 Å². The molecule has 1 N–H and O–H groups in total. The van der Waals surface area contributed by atoms with Crippen molar-refractivity contribution in [2.45, 2.75) is 17.5 Å². The average Bonchev–Trinajstić information content (AvgIpc) is 3.52. The number of Topliss-reactive ketones (excluding diaryl/α,β-unsaturated/α-hetero) is 2. The molecule has 3 aliphatic heterocycles. The Kier molecular flexibility index (Phi) is 5.97. The van der Waals surface area contributed by atoms with Gasteiger partial charge in [0, 0.05) is 23.0 Å². The Bertz CT molecular complexity index is 1800. The molecule has 0 saturated carbocycles. The highest BCUT2D eigenvalue weighted by Crippen LogP contribution is 2.62. The lowest BCUT2D eigenvalue weighted by atomic mass is 9.62. The number of ketones is 2. The first-order valence-corrected chi connectivity index (χ1v) is 13.8. The predicted octanol–water partition coefficient (Wildman–Crippen LogP) is 5.69. The van der Waals surface area contributed by atoms with E-state index in [-0.39, 0.29) is 17.5 Å². The zero-order valence-electron chi connectivity index (χ0n) is 23.1. The number of rotatable bonds is 6. The standard InChI is InChI=1S/C35H28N2O5/c1-41-24-12-7-10-22(19-24)31(38)29-30(32(39)23-11-8-13-25(20-23)42-2)37-18-17-21-9-3-4-14-26(21)33(37)35(29)27-15-5-6-16-28(27)36-34(35)40/h3-20,29-30,33H,1-2H3,(H,36,40)/t29-,30+,33-,35+/m1/s1. The van der Waals surface area contributed by atoms with Crippen LogP contribution in [0.15, 0.2) is 103 Å². The highest BCUT2D eigenvalue weighted by molar-refractivity contribution is 6.16. The molecule has 7 rings (SSSR count). The van der Waals surface area contributed by atoms with E-state index in [4.69, 9.17) is 9.47 Å². The van der Waals surface area contributed by atoms with Crippen LogP contribution in [0.25, 0.3) is 6.08 Å². The summed E-state index contributed by atoms with van der Waals surface area (Å²) in [6.45, 7) is 0. The van der Waals surface area contributed by atoms with Crippen LogP contribution in [0.4, 0.5) is 5.69 Å². The normalized spacial score (nSPS) is 23.1. The van der Waals surface area contributed by atoms with Gasteiger partial charge in [-0.05, 0) is 53.1 Å². The quantitative estimate of drug-likeness (QED) is 0.308. The van der Waals surface area contributed by atoms with Crippen LogP contribution in [-0.2, 0) is 10.2 Å². The third-order valence-corrected chi connectivity index (χ3v) is 8.83. The Morgan fingerprint density at radius 3 is 2.14 bits per heavy atom. The van der Waals surface area contributed by atoms with Gasteiger partial charge in [0.25, 0.3) is 0 Å². The fourth-order valence-corrected chi connectivity index (χ4v) is 7.07. The Morgan fingerprint density at radius 2 is 1.43 bits per heavy atom. The summed E-state index contributed by atoms with van der Waals surface area (Å²) in [6.07, 6.45) is 3.81. The molecule has 4 atom stereocenters. The number of hydrogen-bond acceptors (Lipinski definition) is 6. The van der Waals surface area contributed by atoms with Crippen LogP contribution in [-0.4, -0.2) is 42.6 Å². The van der Waals surface area contributed by atoms with Crippen molar-refractivity contribution in [2.75, 3.05) is 19.5 Å². The Balaban J connectivity index is 1.53. The summed E-state index contributed by atoms with van der Waals surface area (Å²) in [5.41, 5.74) is 2.56. The molecule has 7 nitrogen and oxygen atoms in total. The number of amides is 1. The van der Waals surface area contributed by atoms with Crippen molar-refractivity contribution >= 4 is 29.2 Å². The molecule has 3 heterocycles. The molecule has 1 spiro atoms. The topological polar surface area (TPSA) is 84.9 Å². The van der Waals surface area contributed by atoms with Crippen LogP contribution in [0.2, 0.25) is 0 Å². The van der Waals surface area contributed by atoms with Crippen molar-refractivity contribution in [1.82, 2.24) is 4.90 Å². The van der Waals surface area contributed by atoms with Crippen LogP contribution < -0.4 is 14.8 Å². The number of nitrogens with one attached hydrogen (secondary N) is 1. The molecule has 1 saturated heterocycles. The fourth-order valence-electron chi connectivity index (χ4n) is 7.07. The second-order valence-corrected chi connectivity index (χ2v) is 10.8. The Morgan fingerprint density at radius 1 is 0.786 bits per heavy atom. The summed E-state index contributed by atoms with van der Waals surface area (Å²) in [4.78, 5) is 46.0. The fraction of sp³-hybridized carbons (Fsp3) is 0.171. The molecule has 0 bridgehead atoms. The van der Waals surface area contributed by atoms with Gasteiger partial charge in [-0.3, -0.25) is 14.4 Å². The van der Waals surface area contributed by atoms with Crippen LogP contribution in [0.5, 0.6) is 11.5 Å². The van der Waals surface area contributed by atoms with E-state index in [2.05, 4.69) is 5.32 Å². The van der Waals surface area contributed by atoms with Gasteiger partial charge < -0.3 is 19.7 Å². The molecule has 0 aromatic heterocycles. The summed E-state index contributed by atoms with van der Waals surface area (Å²) < 4.78 is 10.9. The van der Waals surface area contributed by atoms with E-state index < -0.39 is 23.4 Å². The number of ether oxygens (including phenoxy) is 2. The average molecular weight is 557 g/mol. The second-order valence-electron chi connectivity index (χ2n) is 10.8. The van der Waals surface area contributed by atoms with Crippen molar-refractivity contribution in [3.05, 3.63) is 131 Å². The van der Waals surface area contributed by atoms with Gasteiger partial charge in [0.1, 0.15) is 23.0 Å². The van der Waals surface area contributed by atoms with Gasteiger partial charge in [-0.15, -0.1) is 0 Å². The molecule has 4 aromatic carbocycles. The van der Waals surface area contributed by atoms with E-state index in [0.29, 0.717) is 33.9 Å². The molecule has 4 aromatic rings. The van der Waals surface area contributed by atoms with Gasteiger partial charge in [0.2, 0.25) is 5.91 Å². The first-order chi connectivity index (χ1) is 20.5. The highest BCUT2D eigenvalue weighted by atomic mass is 16.5. The van der Waals surface area contributed by atoms with Gasteiger partial charge in [0.15, 0.2) is 11.6 Å². The molecule has 7 heteroatoms. The summed E-state index contributed by atoms with van der Waals surface area (Å²) in [7, 11) is 3.09. The van der Waals surface area contributed by atoms with Crippen molar-refractivity contribution in [3.63, 3.8) is 0 Å². The minimum Gasteiger partial charge on any atom is -0.497 e. The number of nitrogens with zero attached hydrogens (tertiary/aromatic N) is 1. The summed E-state index contributed by atoms with van der Waals surface area (Å²) >= 11 is 0. The zero-order valence-corrected chi connectivity index (χ0v) is 23.1. The van der Waals surface area contributed by atoms with Crippen molar-refractivity contribution in [1.29, 1.82) is 0 Å². The lowest BCUT2D eigenvalue weighted by Crippen LogP contribution is -2.49. The Labute approximate surface area is 243 Å². The van der Waals surface area contributed by atoms with E-state index in [9.17, 15) is 14.4 Å². The molecule has 0 aliphatic carbocycles. The molecule has 1 amide bonds. The molecule has 208 valence electrons. The summed E-state index contributed by atoms with van der Waals surface area (Å²) in [6, 6.07) is 27.6. The molecule has 0 radical (unpaired) electrons. The SMILES string of the molecule is COc1cccc(C(=O)[C@@H]2[C@H](C(=O)c3cccc(OC)c3)[C@]3(C(=O)Nc4ccccc43)[C@H]3c4ccccc4C=CN23)c1. The smallest absolute Gasteiger partial charge is 0.238 e. The number of benzene rings is 4. The maximum atomic E-state index is 14.9. The van der Waals surface area contributed by atoms with E-state index in [1.165, 1.54) is 0 Å². The highest BCUT2D eigenvalue weighted by Gasteiger charge is 2.70. The van der Waals surface area contributed by atoms with Crippen molar-refractivity contribution in [2.24, 2.45) is 5.92 Å². The minimum absolute atomic E-state index is 0.266. The third-order valence-electron chi connectivity index (χ3n) is 8.83. The van der Waals surface area contributed by atoms with Crippen molar-refractivity contribution < 1.29 is 23.9 Å². The van der Waals surface area contributed by atoms with Gasteiger partial charge >= 0.3 is 0 Å². The van der Waals surface area contributed by atoms with Gasteiger partial charge in [-0.25, -0.2) is 0 Å². The maximum absolute atomic E-state index is 14.9. The number of anilines is 1. The van der Waals surface area contributed by atoms with E-state index in [1.807, 2.05) is 65.7 Å². The summed E-state index contributed by atoms with van der Waals surface area (Å²) in [5, 5.41) is 3.07. The molecule has 3 aliphatic rings. The number of para-hydroxylation sites is 1. The number of hydrogen-bond donors (Lipinski definition) is 1. The Hall–Kier alpha value is -5.17. The van der Waals surface area contributed by atoms with Gasteiger partial charge in [-0.1, -0.05) is 66.7 Å². The van der Waals surface area contributed by atoms with E-state index in [0.717, 1.165) is 11.1 Å². The molecule has 1 fully saturated rings. The summed E-state index contributed by atoms with van der Waals surface area (Å²) in [5.74, 6) is -0.883. The van der Waals surface area contributed by atoms with Crippen LogP contribution >= 0.6 is 0 Å². The number of carbonyl (C=O) groups excluding carboxylic acids is 3. The second kappa shape index (κ2) is 9.73. The monoisotopic (exact) mass is 556 g/mol. The van der Waals surface area contributed by atoms with Crippen LogP contribution in [0.3, 0.4) is 0 Å². The minimum atomic E-state index is -1.39. The molecule has 0 unspecified atom stereocenters. The number of carbonyl (C=O) groups is 3. The maximum Gasteiger partial charge on any atom is 0.238 e. The van der Waals surface area contributed by atoms with Crippen LogP contribution in [0.1, 0.15) is 43.4 Å². The first-order valence-electron chi connectivity index (χ1n) is 13.8. The third kappa shape index (κ3) is 3.56. The molecular formula is C35H28N2O5.